The monoisotopic (exact) mass is 294 g/mol. The van der Waals surface area contributed by atoms with Gasteiger partial charge in [0.1, 0.15) is 0 Å². The standard InChI is InChI=1S/C19H18O3/c1-19(18(21)22-2)12-11-14-15(9-6-10-16(14)19)17(20)13-7-4-3-5-8-13/h3-10H,11-12H2,1-2H3. The van der Waals surface area contributed by atoms with Crippen LogP contribution in [0.25, 0.3) is 0 Å². The first-order valence-electron chi connectivity index (χ1n) is 7.38. The molecule has 0 saturated heterocycles. The molecule has 1 aliphatic carbocycles. The number of carbonyl (C=O) groups is 2. The molecule has 112 valence electrons. The van der Waals surface area contributed by atoms with Crippen molar-refractivity contribution in [2.45, 2.75) is 25.2 Å². The fourth-order valence-corrected chi connectivity index (χ4v) is 3.28. The van der Waals surface area contributed by atoms with Gasteiger partial charge in [0, 0.05) is 11.1 Å². The Morgan fingerprint density at radius 2 is 1.77 bits per heavy atom. The van der Waals surface area contributed by atoms with E-state index in [2.05, 4.69) is 0 Å². The van der Waals surface area contributed by atoms with E-state index >= 15 is 0 Å². The molecular weight excluding hydrogens is 276 g/mol. The molecule has 2 aromatic rings. The van der Waals surface area contributed by atoms with Gasteiger partial charge in [-0.3, -0.25) is 9.59 Å². The normalized spacial score (nSPS) is 19.5. The summed E-state index contributed by atoms with van der Waals surface area (Å²) in [6.07, 6.45) is 1.39. The smallest absolute Gasteiger partial charge is 0.316 e. The fraction of sp³-hybridized carbons (Fsp3) is 0.263. The molecule has 0 fully saturated rings. The van der Waals surface area contributed by atoms with Crippen molar-refractivity contribution in [1.82, 2.24) is 0 Å². The predicted molar refractivity (Wildman–Crippen MR) is 84.0 cm³/mol. The highest BCUT2D eigenvalue weighted by Crippen LogP contribution is 2.41. The first-order chi connectivity index (χ1) is 10.6. The number of methoxy groups -OCH3 is 1. The lowest BCUT2D eigenvalue weighted by molar-refractivity contribution is -0.146. The average molecular weight is 294 g/mol. The van der Waals surface area contributed by atoms with Crippen LogP contribution in [0.15, 0.2) is 48.5 Å². The van der Waals surface area contributed by atoms with Crippen LogP contribution in [0.5, 0.6) is 0 Å². The van der Waals surface area contributed by atoms with E-state index in [9.17, 15) is 9.59 Å². The third-order valence-electron chi connectivity index (χ3n) is 4.56. The summed E-state index contributed by atoms with van der Waals surface area (Å²) in [6.45, 7) is 1.89. The molecular formula is C19H18O3. The van der Waals surface area contributed by atoms with Crippen LogP contribution < -0.4 is 0 Å². The van der Waals surface area contributed by atoms with Crippen molar-refractivity contribution in [1.29, 1.82) is 0 Å². The van der Waals surface area contributed by atoms with Crippen LogP contribution in [0.4, 0.5) is 0 Å². The van der Waals surface area contributed by atoms with Gasteiger partial charge in [-0.05, 0) is 30.9 Å². The molecule has 0 spiro atoms. The van der Waals surface area contributed by atoms with Gasteiger partial charge in [0.15, 0.2) is 5.78 Å². The summed E-state index contributed by atoms with van der Waals surface area (Å²) in [7, 11) is 1.41. The minimum Gasteiger partial charge on any atom is -0.468 e. The van der Waals surface area contributed by atoms with Crippen molar-refractivity contribution in [3.8, 4) is 0 Å². The Hall–Kier alpha value is -2.42. The van der Waals surface area contributed by atoms with E-state index < -0.39 is 5.41 Å². The van der Waals surface area contributed by atoms with E-state index in [1.165, 1.54) is 7.11 Å². The molecule has 0 saturated carbocycles. The van der Waals surface area contributed by atoms with Gasteiger partial charge in [0.2, 0.25) is 0 Å². The number of fused-ring (bicyclic) bond motifs is 1. The Labute approximate surface area is 129 Å². The Morgan fingerprint density at radius 3 is 2.45 bits per heavy atom. The van der Waals surface area contributed by atoms with Gasteiger partial charge < -0.3 is 4.74 Å². The molecule has 0 aliphatic heterocycles. The summed E-state index contributed by atoms with van der Waals surface area (Å²) >= 11 is 0. The van der Waals surface area contributed by atoms with Crippen LogP contribution in [0.3, 0.4) is 0 Å². The van der Waals surface area contributed by atoms with Crippen LogP contribution in [0.1, 0.15) is 40.4 Å². The molecule has 1 unspecified atom stereocenters. The SMILES string of the molecule is COC(=O)C1(C)CCc2c(C(=O)c3ccccc3)cccc21. The summed E-state index contributed by atoms with van der Waals surface area (Å²) in [5.74, 6) is -0.234. The van der Waals surface area contributed by atoms with E-state index in [0.29, 0.717) is 17.5 Å². The van der Waals surface area contributed by atoms with Gasteiger partial charge in [-0.1, -0.05) is 48.5 Å². The minimum atomic E-state index is -0.656. The van der Waals surface area contributed by atoms with Crippen molar-refractivity contribution < 1.29 is 14.3 Å². The van der Waals surface area contributed by atoms with Crippen LogP contribution >= 0.6 is 0 Å². The maximum Gasteiger partial charge on any atom is 0.316 e. The predicted octanol–water partition coefficient (Wildman–Crippen LogP) is 3.29. The zero-order chi connectivity index (χ0) is 15.7. The number of hydrogen-bond acceptors (Lipinski definition) is 3. The summed E-state index contributed by atoms with van der Waals surface area (Å²) < 4.78 is 4.96. The highest BCUT2D eigenvalue weighted by molar-refractivity contribution is 6.10. The summed E-state index contributed by atoms with van der Waals surface area (Å²) in [4.78, 5) is 24.9. The summed E-state index contributed by atoms with van der Waals surface area (Å²) in [6, 6.07) is 14.9. The van der Waals surface area contributed by atoms with Crippen molar-refractivity contribution >= 4 is 11.8 Å². The van der Waals surface area contributed by atoms with Crippen molar-refractivity contribution in [2.24, 2.45) is 0 Å². The number of carbonyl (C=O) groups excluding carboxylic acids is 2. The van der Waals surface area contributed by atoms with Crippen LogP contribution in [-0.2, 0) is 21.4 Å². The molecule has 3 heteroatoms. The zero-order valence-electron chi connectivity index (χ0n) is 12.8. The van der Waals surface area contributed by atoms with Crippen LogP contribution in [-0.4, -0.2) is 18.9 Å². The second-order valence-corrected chi connectivity index (χ2v) is 5.85. The lowest BCUT2D eigenvalue weighted by Gasteiger charge is -2.22. The third-order valence-corrected chi connectivity index (χ3v) is 4.56. The van der Waals surface area contributed by atoms with Crippen LogP contribution in [0, 0.1) is 0 Å². The average Bonchev–Trinajstić information content (AvgIpc) is 2.93. The topological polar surface area (TPSA) is 43.4 Å². The van der Waals surface area contributed by atoms with Crippen LogP contribution in [0.2, 0.25) is 0 Å². The molecule has 2 aromatic carbocycles. The number of ketones is 1. The number of ether oxygens (including phenoxy) is 1. The van der Waals surface area contributed by atoms with E-state index in [0.717, 1.165) is 17.5 Å². The largest absolute Gasteiger partial charge is 0.468 e. The maximum atomic E-state index is 12.7. The van der Waals surface area contributed by atoms with Gasteiger partial charge in [-0.25, -0.2) is 0 Å². The van der Waals surface area contributed by atoms with Crippen molar-refractivity contribution in [3.05, 3.63) is 70.8 Å². The third kappa shape index (κ3) is 2.13. The summed E-state index contributed by atoms with van der Waals surface area (Å²) in [5.41, 5.74) is 2.60. The zero-order valence-corrected chi connectivity index (χ0v) is 12.8. The second kappa shape index (κ2) is 5.41. The van der Waals surface area contributed by atoms with E-state index in [1.807, 2.05) is 55.5 Å². The number of esters is 1. The van der Waals surface area contributed by atoms with Gasteiger partial charge in [-0.2, -0.15) is 0 Å². The number of rotatable bonds is 3. The first-order valence-corrected chi connectivity index (χ1v) is 7.38. The molecule has 0 bridgehead atoms. The van der Waals surface area contributed by atoms with Gasteiger partial charge >= 0.3 is 5.97 Å². The molecule has 1 aliphatic rings. The Kier molecular flexibility index (Phi) is 3.57. The first kappa shape index (κ1) is 14.5. The molecule has 3 rings (SSSR count). The number of hydrogen-bond donors (Lipinski definition) is 0. The molecule has 0 heterocycles. The van der Waals surface area contributed by atoms with E-state index in [4.69, 9.17) is 4.74 Å². The summed E-state index contributed by atoms with van der Waals surface area (Å²) in [5, 5.41) is 0. The quantitative estimate of drug-likeness (QED) is 0.644. The molecule has 0 amide bonds. The van der Waals surface area contributed by atoms with Crippen molar-refractivity contribution in [3.63, 3.8) is 0 Å². The lowest BCUT2D eigenvalue weighted by atomic mass is 9.83. The molecule has 0 N–H and O–H groups in total. The second-order valence-electron chi connectivity index (χ2n) is 5.85. The molecule has 3 nitrogen and oxygen atoms in total. The van der Waals surface area contributed by atoms with Crippen molar-refractivity contribution in [2.75, 3.05) is 7.11 Å². The van der Waals surface area contributed by atoms with E-state index in [-0.39, 0.29) is 11.8 Å². The van der Waals surface area contributed by atoms with Gasteiger partial charge in [-0.15, -0.1) is 0 Å². The Bertz CT molecular complexity index is 734. The molecule has 1 atom stereocenters. The Balaban J connectivity index is 2.08. The van der Waals surface area contributed by atoms with E-state index in [1.54, 1.807) is 0 Å². The molecule has 22 heavy (non-hydrogen) atoms. The van der Waals surface area contributed by atoms with Gasteiger partial charge in [0.05, 0.1) is 12.5 Å². The molecule has 0 aromatic heterocycles. The maximum absolute atomic E-state index is 12.7. The fourth-order valence-electron chi connectivity index (χ4n) is 3.28. The number of benzene rings is 2. The highest BCUT2D eigenvalue weighted by Gasteiger charge is 2.43. The minimum absolute atomic E-state index is 0.00608. The Morgan fingerprint density at radius 1 is 1.05 bits per heavy atom. The lowest BCUT2D eigenvalue weighted by Crippen LogP contribution is -2.31. The molecule has 0 radical (unpaired) electrons. The van der Waals surface area contributed by atoms with Gasteiger partial charge in [0.25, 0.3) is 0 Å². The highest BCUT2D eigenvalue weighted by atomic mass is 16.5.